The number of benzene rings is 1. The van der Waals surface area contributed by atoms with Crippen molar-refractivity contribution < 1.29 is 9.63 Å². The van der Waals surface area contributed by atoms with Crippen molar-refractivity contribution in [2.45, 2.75) is 5.16 Å². The second-order valence-corrected chi connectivity index (χ2v) is 4.26. The second kappa shape index (κ2) is 5.59. The molecule has 0 spiro atoms. The highest BCUT2D eigenvalue weighted by Crippen LogP contribution is 2.13. The molecular weight excluding hydrogens is 250 g/mol. The Morgan fingerprint density at radius 2 is 2.11 bits per heavy atom. The summed E-state index contributed by atoms with van der Waals surface area (Å²) in [6.45, 7) is 0. The van der Waals surface area contributed by atoms with E-state index in [-0.39, 0.29) is 0 Å². The number of imidazole rings is 1. The normalized spacial score (nSPS) is 10.1. The van der Waals surface area contributed by atoms with Crippen LogP contribution in [0.4, 0.5) is 10.5 Å². The molecule has 0 saturated carbocycles. The first-order valence-electron chi connectivity index (χ1n) is 5.31. The summed E-state index contributed by atoms with van der Waals surface area (Å²) in [6, 6.07) is 9.30. The van der Waals surface area contributed by atoms with Crippen LogP contribution in [0.3, 0.4) is 0 Å². The van der Waals surface area contributed by atoms with Gasteiger partial charge in [-0.15, -0.1) is 0 Å². The SMILES string of the molecule is CSc1nccn1OC(=O)N(C)c1ccccc1. The monoisotopic (exact) mass is 263 g/mol. The van der Waals surface area contributed by atoms with Crippen LogP contribution >= 0.6 is 11.8 Å². The smallest absolute Gasteiger partial charge is 0.315 e. The number of nitrogens with zero attached hydrogens (tertiary/aromatic N) is 3. The van der Waals surface area contributed by atoms with Gasteiger partial charge in [-0.05, 0) is 18.4 Å². The number of hydrogen-bond donors (Lipinski definition) is 0. The van der Waals surface area contributed by atoms with Gasteiger partial charge in [-0.25, -0.2) is 9.78 Å². The van der Waals surface area contributed by atoms with Gasteiger partial charge >= 0.3 is 6.09 Å². The fourth-order valence-corrected chi connectivity index (χ4v) is 1.84. The lowest BCUT2D eigenvalue weighted by atomic mass is 10.3. The Balaban J connectivity index is 2.09. The Kier molecular flexibility index (Phi) is 3.88. The molecule has 2 rings (SSSR count). The molecule has 18 heavy (non-hydrogen) atoms. The third kappa shape index (κ3) is 2.65. The van der Waals surface area contributed by atoms with Crippen LogP contribution in [-0.4, -0.2) is 29.1 Å². The number of thioether (sulfide) groups is 1. The average Bonchev–Trinajstić information content (AvgIpc) is 2.86. The molecule has 1 heterocycles. The van der Waals surface area contributed by atoms with Crippen molar-refractivity contribution in [2.75, 3.05) is 18.2 Å². The van der Waals surface area contributed by atoms with Crippen LogP contribution in [0.25, 0.3) is 0 Å². The number of carbonyl (C=O) groups excluding carboxylic acids is 1. The summed E-state index contributed by atoms with van der Waals surface area (Å²) >= 11 is 1.41. The molecule has 94 valence electrons. The maximum Gasteiger partial charge on any atom is 0.438 e. The first-order valence-corrected chi connectivity index (χ1v) is 6.53. The molecule has 5 nitrogen and oxygen atoms in total. The van der Waals surface area contributed by atoms with Gasteiger partial charge in [-0.3, -0.25) is 4.90 Å². The summed E-state index contributed by atoms with van der Waals surface area (Å²) in [6.07, 6.45) is 4.59. The Labute approximate surface area is 109 Å². The number of amides is 1. The van der Waals surface area contributed by atoms with Gasteiger partial charge in [0.15, 0.2) is 0 Å². The van der Waals surface area contributed by atoms with Crippen LogP contribution < -0.4 is 9.74 Å². The van der Waals surface area contributed by atoms with Crippen LogP contribution in [0.15, 0.2) is 47.9 Å². The molecule has 0 aliphatic rings. The average molecular weight is 263 g/mol. The minimum atomic E-state index is -0.463. The number of carbonyl (C=O) groups is 1. The van der Waals surface area contributed by atoms with Gasteiger partial charge in [-0.1, -0.05) is 30.0 Å². The Bertz CT molecular complexity index is 527. The zero-order chi connectivity index (χ0) is 13.0. The molecule has 0 unspecified atom stereocenters. The minimum Gasteiger partial charge on any atom is -0.315 e. The van der Waals surface area contributed by atoms with Crippen molar-refractivity contribution in [1.29, 1.82) is 0 Å². The molecule has 0 bridgehead atoms. The van der Waals surface area contributed by atoms with Crippen molar-refractivity contribution in [3.05, 3.63) is 42.7 Å². The summed E-state index contributed by atoms with van der Waals surface area (Å²) in [4.78, 5) is 22.6. The molecular formula is C12H13N3O2S. The highest BCUT2D eigenvalue weighted by Gasteiger charge is 2.14. The molecule has 2 aromatic rings. The van der Waals surface area contributed by atoms with Crippen molar-refractivity contribution in [2.24, 2.45) is 0 Å². The van der Waals surface area contributed by atoms with E-state index in [0.29, 0.717) is 5.16 Å². The zero-order valence-electron chi connectivity index (χ0n) is 10.1. The molecule has 1 aromatic carbocycles. The number of para-hydroxylation sites is 1. The van der Waals surface area contributed by atoms with Gasteiger partial charge in [0.25, 0.3) is 0 Å². The van der Waals surface area contributed by atoms with Crippen molar-refractivity contribution >= 4 is 23.5 Å². The third-order valence-corrected chi connectivity index (χ3v) is 3.00. The van der Waals surface area contributed by atoms with Gasteiger partial charge in [0, 0.05) is 18.9 Å². The molecule has 0 radical (unpaired) electrons. The van der Waals surface area contributed by atoms with Gasteiger partial charge in [0.05, 0.1) is 6.20 Å². The van der Waals surface area contributed by atoms with E-state index in [1.807, 2.05) is 36.6 Å². The summed E-state index contributed by atoms with van der Waals surface area (Å²) < 4.78 is 1.35. The van der Waals surface area contributed by atoms with E-state index in [4.69, 9.17) is 4.84 Å². The fraction of sp³-hybridized carbons (Fsp3) is 0.167. The first kappa shape index (κ1) is 12.5. The van der Waals surface area contributed by atoms with E-state index >= 15 is 0 Å². The highest BCUT2D eigenvalue weighted by molar-refractivity contribution is 7.98. The molecule has 0 saturated heterocycles. The zero-order valence-corrected chi connectivity index (χ0v) is 10.9. The fourth-order valence-electron chi connectivity index (χ4n) is 1.39. The number of anilines is 1. The van der Waals surface area contributed by atoms with E-state index in [1.165, 1.54) is 21.4 Å². The van der Waals surface area contributed by atoms with Crippen LogP contribution in [0.1, 0.15) is 0 Å². The van der Waals surface area contributed by atoms with Crippen LogP contribution in [-0.2, 0) is 0 Å². The summed E-state index contributed by atoms with van der Waals surface area (Å²) in [5.41, 5.74) is 0.772. The lowest BCUT2D eigenvalue weighted by molar-refractivity contribution is 0.130. The predicted octanol–water partition coefficient (Wildman–Crippen LogP) is 2.29. The Morgan fingerprint density at radius 1 is 1.39 bits per heavy atom. The van der Waals surface area contributed by atoms with Gasteiger partial charge in [-0.2, -0.15) is 4.73 Å². The minimum absolute atomic E-state index is 0.463. The highest BCUT2D eigenvalue weighted by atomic mass is 32.2. The maximum absolute atomic E-state index is 11.9. The predicted molar refractivity (Wildman–Crippen MR) is 70.8 cm³/mol. The number of aromatic nitrogens is 2. The van der Waals surface area contributed by atoms with Crippen LogP contribution in [0.2, 0.25) is 0 Å². The van der Waals surface area contributed by atoms with Gasteiger partial charge in [0.2, 0.25) is 5.16 Å². The first-order chi connectivity index (χ1) is 8.72. The third-order valence-electron chi connectivity index (χ3n) is 2.35. The van der Waals surface area contributed by atoms with Gasteiger partial charge < -0.3 is 4.84 Å². The molecule has 1 amide bonds. The second-order valence-electron chi connectivity index (χ2n) is 3.49. The lowest BCUT2D eigenvalue weighted by Gasteiger charge is -2.16. The quantitative estimate of drug-likeness (QED) is 0.797. The van der Waals surface area contributed by atoms with Crippen LogP contribution in [0.5, 0.6) is 0 Å². The van der Waals surface area contributed by atoms with Gasteiger partial charge in [0.1, 0.15) is 0 Å². The Hall–Kier alpha value is -1.95. The standard InChI is InChI=1S/C12H13N3O2S/c1-14(10-6-4-3-5-7-10)12(16)17-15-9-8-13-11(15)18-2/h3-9H,1-2H3. The van der Waals surface area contributed by atoms with Crippen molar-refractivity contribution in [1.82, 2.24) is 9.71 Å². The van der Waals surface area contributed by atoms with Crippen molar-refractivity contribution in [3.8, 4) is 0 Å². The molecule has 1 aromatic heterocycles. The number of hydrogen-bond acceptors (Lipinski definition) is 4. The number of rotatable bonds is 3. The van der Waals surface area contributed by atoms with E-state index in [0.717, 1.165) is 5.69 Å². The topological polar surface area (TPSA) is 47.4 Å². The van der Waals surface area contributed by atoms with Crippen LogP contribution in [0, 0.1) is 0 Å². The molecule has 0 aliphatic heterocycles. The Morgan fingerprint density at radius 3 is 2.78 bits per heavy atom. The van der Waals surface area contributed by atoms with Crippen molar-refractivity contribution in [3.63, 3.8) is 0 Å². The lowest BCUT2D eigenvalue weighted by Crippen LogP contribution is -2.34. The van der Waals surface area contributed by atoms with E-state index in [2.05, 4.69) is 4.98 Å². The molecule has 0 N–H and O–H groups in total. The summed E-state index contributed by atoms with van der Waals surface area (Å²) in [5.74, 6) is 0. The van der Waals surface area contributed by atoms with E-state index in [1.54, 1.807) is 19.4 Å². The molecule has 6 heteroatoms. The van der Waals surface area contributed by atoms with E-state index < -0.39 is 6.09 Å². The summed E-state index contributed by atoms with van der Waals surface area (Å²) in [5, 5.41) is 0.629. The summed E-state index contributed by atoms with van der Waals surface area (Å²) in [7, 11) is 1.66. The molecule has 0 atom stereocenters. The largest absolute Gasteiger partial charge is 0.438 e. The maximum atomic E-state index is 11.9. The molecule has 0 fully saturated rings. The molecule has 0 aliphatic carbocycles. The van der Waals surface area contributed by atoms with E-state index in [9.17, 15) is 4.79 Å².